The van der Waals surface area contributed by atoms with Gasteiger partial charge in [0.1, 0.15) is 29.9 Å². The maximum absolute atomic E-state index is 14.0. The van der Waals surface area contributed by atoms with Gasteiger partial charge in [-0.1, -0.05) is 65.9 Å². The third-order valence-electron chi connectivity index (χ3n) is 7.70. The Morgan fingerprint density at radius 1 is 0.956 bits per heavy atom. The summed E-state index contributed by atoms with van der Waals surface area (Å²) < 4.78 is 24.6. The minimum atomic E-state index is -0.798. The number of allylic oxidation sites excluding steroid dienone is 1. The number of benzene rings is 4. The summed E-state index contributed by atoms with van der Waals surface area (Å²) in [5.74, 6) is 1.26. The summed E-state index contributed by atoms with van der Waals surface area (Å²) in [6.07, 6.45) is 1.82. The maximum atomic E-state index is 14.0. The van der Waals surface area contributed by atoms with Crippen LogP contribution in [0.5, 0.6) is 17.2 Å². The molecule has 8 nitrogen and oxygen atoms in total. The van der Waals surface area contributed by atoms with E-state index in [1.54, 1.807) is 43.7 Å². The first-order valence-electron chi connectivity index (χ1n) is 14.5. The van der Waals surface area contributed by atoms with Crippen molar-refractivity contribution in [1.82, 2.24) is 4.57 Å². The predicted octanol–water partition coefficient (Wildman–Crippen LogP) is 5.55. The number of hydrogen-bond acceptors (Lipinski definition) is 8. The maximum Gasteiger partial charge on any atom is 0.338 e. The number of nitrogens with zero attached hydrogens (tertiary/aromatic N) is 2. The van der Waals surface area contributed by atoms with E-state index < -0.39 is 12.0 Å². The van der Waals surface area contributed by atoms with E-state index in [2.05, 4.69) is 29.3 Å². The summed E-state index contributed by atoms with van der Waals surface area (Å²) in [7, 11) is 3.10. The van der Waals surface area contributed by atoms with Crippen LogP contribution in [0.4, 0.5) is 0 Å². The Kier molecular flexibility index (Phi) is 8.53. The number of rotatable bonds is 9. The van der Waals surface area contributed by atoms with Crippen molar-refractivity contribution in [2.45, 2.75) is 26.5 Å². The molecule has 0 aliphatic carbocycles. The van der Waals surface area contributed by atoms with Gasteiger partial charge in [-0.05, 0) is 66.1 Å². The molecule has 0 radical (unpaired) electrons. The Morgan fingerprint density at radius 3 is 2.47 bits per heavy atom. The topological polar surface area (TPSA) is 88.4 Å². The molecule has 1 aromatic heterocycles. The van der Waals surface area contributed by atoms with Crippen LogP contribution in [0.1, 0.15) is 36.6 Å². The van der Waals surface area contributed by atoms with Crippen molar-refractivity contribution in [2.75, 3.05) is 20.8 Å². The van der Waals surface area contributed by atoms with Crippen molar-refractivity contribution in [3.05, 3.63) is 133 Å². The molecular weight excluding hydrogens is 588 g/mol. The normalized spacial score (nSPS) is 14.6. The fraction of sp³-hybridized carbons (Fsp3) is 0.194. The van der Waals surface area contributed by atoms with Crippen molar-refractivity contribution < 1.29 is 23.7 Å². The Labute approximate surface area is 264 Å². The van der Waals surface area contributed by atoms with Gasteiger partial charge < -0.3 is 18.9 Å². The number of ether oxygens (including phenoxy) is 4. The third kappa shape index (κ3) is 5.86. The molecule has 0 fully saturated rings. The van der Waals surface area contributed by atoms with Crippen LogP contribution in [-0.2, 0) is 16.1 Å². The number of thiazole rings is 1. The lowest BCUT2D eigenvalue weighted by atomic mass is 9.95. The lowest BCUT2D eigenvalue weighted by Crippen LogP contribution is -2.40. The molecule has 0 saturated heterocycles. The van der Waals surface area contributed by atoms with Crippen LogP contribution in [0.2, 0.25) is 0 Å². The summed E-state index contributed by atoms with van der Waals surface area (Å²) >= 11 is 1.27. The van der Waals surface area contributed by atoms with Gasteiger partial charge in [0, 0.05) is 11.6 Å². The number of aromatic nitrogens is 1. The van der Waals surface area contributed by atoms with E-state index in [1.165, 1.54) is 29.2 Å². The largest absolute Gasteiger partial charge is 0.497 e. The zero-order valence-corrected chi connectivity index (χ0v) is 26.2. The molecule has 1 aliphatic rings. The van der Waals surface area contributed by atoms with Crippen LogP contribution >= 0.6 is 11.3 Å². The Morgan fingerprint density at radius 2 is 1.71 bits per heavy atom. The third-order valence-corrected chi connectivity index (χ3v) is 8.69. The van der Waals surface area contributed by atoms with Crippen LogP contribution in [0.25, 0.3) is 16.8 Å². The van der Waals surface area contributed by atoms with E-state index in [9.17, 15) is 9.59 Å². The minimum Gasteiger partial charge on any atom is -0.497 e. The first kappa shape index (κ1) is 29.9. The highest BCUT2D eigenvalue weighted by Gasteiger charge is 2.35. The molecule has 0 saturated carbocycles. The first-order valence-corrected chi connectivity index (χ1v) is 15.3. The van der Waals surface area contributed by atoms with Gasteiger partial charge in [0.25, 0.3) is 5.56 Å². The molecule has 9 heteroatoms. The predicted molar refractivity (Wildman–Crippen MR) is 175 cm³/mol. The van der Waals surface area contributed by atoms with Gasteiger partial charge in [-0.3, -0.25) is 9.36 Å². The highest BCUT2D eigenvalue weighted by molar-refractivity contribution is 7.07. The highest BCUT2D eigenvalue weighted by atomic mass is 32.1. The van der Waals surface area contributed by atoms with E-state index >= 15 is 0 Å². The van der Waals surface area contributed by atoms with E-state index in [-0.39, 0.29) is 17.7 Å². The smallest absolute Gasteiger partial charge is 0.338 e. The molecular formula is C36H32N2O6S. The monoisotopic (exact) mass is 620 g/mol. The van der Waals surface area contributed by atoms with Crippen molar-refractivity contribution in [3.63, 3.8) is 0 Å². The second kappa shape index (κ2) is 12.8. The van der Waals surface area contributed by atoms with Crippen molar-refractivity contribution in [1.29, 1.82) is 0 Å². The summed E-state index contributed by atoms with van der Waals surface area (Å²) in [5.41, 5.74) is 3.06. The van der Waals surface area contributed by atoms with E-state index in [1.807, 2.05) is 48.5 Å². The number of esters is 1. The molecule has 1 atom stereocenters. The summed E-state index contributed by atoms with van der Waals surface area (Å²) in [6.45, 7) is 4.12. The van der Waals surface area contributed by atoms with Gasteiger partial charge in [0.15, 0.2) is 4.80 Å². The molecule has 0 amide bonds. The molecule has 4 aromatic carbocycles. The van der Waals surface area contributed by atoms with Gasteiger partial charge in [0.2, 0.25) is 0 Å². The molecule has 0 bridgehead atoms. The number of hydrogen-bond donors (Lipinski definition) is 0. The van der Waals surface area contributed by atoms with Crippen LogP contribution in [-0.4, -0.2) is 31.4 Å². The quantitative estimate of drug-likeness (QED) is 0.201. The Hall–Kier alpha value is -5.15. The van der Waals surface area contributed by atoms with E-state index in [4.69, 9.17) is 18.9 Å². The van der Waals surface area contributed by atoms with Crippen LogP contribution < -0.4 is 29.1 Å². The van der Waals surface area contributed by atoms with Crippen LogP contribution in [0.3, 0.4) is 0 Å². The molecule has 2 heterocycles. The fourth-order valence-electron chi connectivity index (χ4n) is 5.52. The number of methoxy groups -OCH3 is 2. The molecule has 0 N–H and O–H groups in total. The van der Waals surface area contributed by atoms with Crippen molar-refractivity contribution in [2.24, 2.45) is 4.99 Å². The van der Waals surface area contributed by atoms with Gasteiger partial charge in [-0.25, -0.2) is 9.79 Å². The molecule has 6 rings (SSSR count). The summed E-state index contributed by atoms with van der Waals surface area (Å²) in [5, 5.41) is 2.34. The second-order valence-electron chi connectivity index (χ2n) is 10.4. The zero-order valence-electron chi connectivity index (χ0n) is 25.4. The van der Waals surface area contributed by atoms with Gasteiger partial charge in [-0.15, -0.1) is 0 Å². The Balaban J connectivity index is 1.35. The SMILES string of the molecule is CCOC(=O)C1=C(C)N=c2s/c(=C\c3ccc(OCc4cccc5ccccc45)cc3)c(=O)n2[C@H]1c1ccc(OC)cc1OC. The minimum absolute atomic E-state index is 0.189. The molecule has 0 spiro atoms. The summed E-state index contributed by atoms with van der Waals surface area (Å²) in [6, 6.07) is 26.5. The summed E-state index contributed by atoms with van der Waals surface area (Å²) in [4.78, 5) is 32.4. The van der Waals surface area contributed by atoms with E-state index in [0.717, 1.165) is 16.9 Å². The second-order valence-corrected chi connectivity index (χ2v) is 11.4. The standard InChI is InChI=1S/C36H32N2O6S/c1-5-43-35(40)32-22(2)37-36-38(33(32)29-18-17-27(41-3)20-30(29)42-4)34(39)31(45-36)19-23-13-15-26(16-14-23)44-21-25-11-8-10-24-9-6-7-12-28(24)25/h6-20,33H,5,21H2,1-4H3/b31-19-/t33-/m0/s1. The zero-order chi connectivity index (χ0) is 31.5. The van der Waals surface area contributed by atoms with Crippen LogP contribution in [0.15, 0.2) is 106 Å². The molecule has 0 unspecified atom stereocenters. The number of carbonyl (C=O) groups is 1. The van der Waals surface area contributed by atoms with E-state index in [0.29, 0.717) is 38.7 Å². The number of carbonyl (C=O) groups excluding carboxylic acids is 1. The lowest BCUT2D eigenvalue weighted by Gasteiger charge is -2.26. The highest BCUT2D eigenvalue weighted by Crippen LogP contribution is 2.37. The first-order chi connectivity index (χ1) is 21.9. The van der Waals surface area contributed by atoms with Crippen LogP contribution in [0, 0.1) is 0 Å². The van der Waals surface area contributed by atoms with Gasteiger partial charge in [0.05, 0.1) is 36.6 Å². The average Bonchev–Trinajstić information content (AvgIpc) is 3.37. The lowest BCUT2D eigenvalue weighted by molar-refractivity contribution is -0.139. The van der Waals surface area contributed by atoms with Gasteiger partial charge in [-0.2, -0.15) is 0 Å². The molecule has 228 valence electrons. The molecule has 5 aromatic rings. The average molecular weight is 621 g/mol. The number of fused-ring (bicyclic) bond motifs is 2. The molecule has 1 aliphatic heterocycles. The fourth-order valence-corrected chi connectivity index (χ4v) is 6.57. The molecule has 45 heavy (non-hydrogen) atoms. The van der Waals surface area contributed by atoms with Crippen molar-refractivity contribution >= 4 is 34.2 Å². The van der Waals surface area contributed by atoms with Gasteiger partial charge >= 0.3 is 5.97 Å². The Bertz CT molecular complexity index is 2110. The van der Waals surface area contributed by atoms with Crippen molar-refractivity contribution in [3.8, 4) is 17.2 Å².